The molecular weight excluding hydrogens is 170 g/mol. The normalized spacial score (nSPS) is 13.3. The molecule has 0 aliphatic rings. The van der Waals surface area contributed by atoms with Crippen molar-refractivity contribution in [3.8, 4) is 0 Å². The second kappa shape index (κ2) is 4.59. The van der Waals surface area contributed by atoms with E-state index in [2.05, 4.69) is 45.7 Å². The van der Waals surface area contributed by atoms with Gasteiger partial charge in [-0.2, -0.15) is 0 Å². The van der Waals surface area contributed by atoms with Crippen molar-refractivity contribution in [3.05, 3.63) is 29.1 Å². The van der Waals surface area contributed by atoms with Crippen LogP contribution in [0.2, 0.25) is 0 Å². The van der Waals surface area contributed by atoms with Crippen LogP contribution in [0, 0.1) is 6.92 Å². The van der Waals surface area contributed by atoms with Crippen molar-refractivity contribution < 1.29 is 0 Å². The van der Waals surface area contributed by atoms with Gasteiger partial charge in [-0.05, 0) is 42.4 Å². The number of aryl methyl sites for hydroxylation is 1. The van der Waals surface area contributed by atoms with Crippen molar-refractivity contribution in [2.24, 2.45) is 0 Å². The van der Waals surface area contributed by atoms with Crippen LogP contribution in [0.5, 0.6) is 0 Å². The van der Waals surface area contributed by atoms with E-state index in [9.17, 15) is 0 Å². The van der Waals surface area contributed by atoms with E-state index in [1.165, 1.54) is 23.2 Å². The van der Waals surface area contributed by atoms with Crippen LogP contribution in [-0.4, -0.2) is 4.98 Å². The van der Waals surface area contributed by atoms with E-state index in [1.807, 2.05) is 6.20 Å². The minimum absolute atomic E-state index is 0.527. The lowest BCUT2D eigenvalue weighted by Gasteiger charge is -2.18. The van der Waals surface area contributed by atoms with Crippen LogP contribution in [0.15, 0.2) is 12.3 Å². The Balaban J connectivity index is 3.22. The number of aromatic nitrogens is 1. The molecule has 0 radical (unpaired) electrons. The highest BCUT2D eigenvalue weighted by Gasteiger charge is 2.14. The van der Waals surface area contributed by atoms with Crippen molar-refractivity contribution in [2.75, 3.05) is 0 Å². The number of nitrogens with zero attached hydrogens (tertiary/aromatic N) is 1. The lowest BCUT2D eigenvalue weighted by molar-refractivity contribution is 0.687. The molecule has 0 bridgehead atoms. The molecule has 0 amide bonds. The van der Waals surface area contributed by atoms with Gasteiger partial charge in [-0.3, -0.25) is 4.98 Å². The summed E-state index contributed by atoms with van der Waals surface area (Å²) in [6, 6.07) is 2.12. The monoisotopic (exact) mass is 191 g/mol. The predicted octanol–water partition coefficient (Wildman–Crippen LogP) is 4.03. The Hall–Kier alpha value is -0.850. The van der Waals surface area contributed by atoms with Crippen molar-refractivity contribution in [2.45, 2.75) is 52.9 Å². The van der Waals surface area contributed by atoms with Gasteiger partial charge in [0.15, 0.2) is 0 Å². The van der Waals surface area contributed by atoms with Gasteiger partial charge in [0.05, 0.1) is 0 Å². The molecule has 1 aromatic heterocycles. The quantitative estimate of drug-likeness (QED) is 0.703. The molecule has 0 N–H and O–H groups in total. The fraction of sp³-hybridized carbons (Fsp3) is 0.615. The van der Waals surface area contributed by atoms with Gasteiger partial charge in [-0.15, -0.1) is 0 Å². The molecule has 0 aliphatic carbocycles. The third-order valence-corrected chi connectivity index (χ3v) is 2.89. The van der Waals surface area contributed by atoms with Crippen molar-refractivity contribution in [3.63, 3.8) is 0 Å². The van der Waals surface area contributed by atoms with Gasteiger partial charge in [0.2, 0.25) is 0 Å². The first-order chi connectivity index (χ1) is 6.57. The minimum atomic E-state index is 0.527. The number of hydrogen-bond acceptors (Lipinski definition) is 1. The summed E-state index contributed by atoms with van der Waals surface area (Å²) in [5.41, 5.74) is 4.13. The molecule has 14 heavy (non-hydrogen) atoms. The van der Waals surface area contributed by atoms with Gasteiger partial charge in [-0.25, -0.2) is 0 Å². The summed E-state index contributed by atoms with van der Waals surface area (Å²) in [5.74, 6) is 1.15. The van der Waals surface area contributed by atoms with Gasteiger partial charge in [0, 0.05) is 11.9 Å². The molecule has 78 valence electrons. The zero-order valence-electron chi connectivity index (χ0n) is 9.96. The topological polar surface area (TPSA) is 12.9 Å². The Labute approximate surface area is 87.6 Å². The molecule has 0 saturated carbocycles. The molecule has 1 rings (SSSR count). The molecule has 0 saturated heterocycles. The lowest BCUT2D eigenvalue weighted by atomic mass is 9.89. The van der Waals surface area contributed by atoms with E-state index >= 15 is 0 Å². The van der Waals surface area contributed by atoms with Crippen LogP contribution in [0.3, 0.4) is 0 Å². The zero-order valence-corrected chi connectivity index (χ0v) is 9.96. The smallest absolute Gasteiger partial charge is 0.0466 e. The van der Waals surface area contributed by atoms with Crippen LogP contribution in [0.4, 0.5) is 0 Å². The summed E-state index contributed by atoms with van der Waals surface area (Å²) >= 11 is 0. The Bertz CT molecular complexity index is 302. The second-order valence-corrected chi connectivity index (χ2v) is 4.39. The highest BCUT2D eigenvalue weighted by molar-refractivity contribution is 5.33. The Morgan fingerprint density at radius 3 is 2.43 bits per heavy atom. The zero-order chi connectivity index (χ0) is 10.7. The first kappa shape index (κ1) is 11.2. The Kier molecular flexibility index (Phi) is 3.68. The molecule has 1 atom stereocenters. The van der Waals surface area contributed by atoms with Crippen LogP contribution < -0.4 is 0 Å². The summed E-state index contributed by atoms with van der Waals surface area (Å²) in [6.07, 6.45) is 3.11. The molecule has 1 heterocycles. The van der Waals surface area contributed by atoms with Crippen LogP contribution in [0.1, 0.15) is 62.8 Å². The summed E-state index contributed by atoms with van der Waals surface area (Å²) in [7, 11) is 0. The summed E-state index contributed by atoms with van der Waals surface area (Å²) in [4.78, 5) is 4.51. The first-order valence-corrected chi connectivity index (χ1v) is 5.53. The van der Waals surface area contributed by atoms with Crippen LogP contribution in [-0.2, 0) is 0 Å². The van der Waals surface area contributed by atoms with E-state index < -0.39 is 0 Å². The molecule has 1 unspecified atom stereocenters. The fourth-order valence-corrected chi connectivity index (χ4v) is 1.90. The van der Waals surface area contributed by atoms with Gasteiger partial charge in [-0.1, -0.05) is 27.7 Å². The number of hydrogen-bond donors (Lipinski definition) is 0. The Morgan fingerprint density at radius 1 is 1.29 bits per heavy atom. The molecule has 0 fully saturated rings. The largest absolute Gasteiger partial charge is 0.261 e. The van der Waals surface area contributed by atoms with Crippen molar-refractivity contribution >= 4 is 0 Å². The summed E-state index contributed by atoms with van der Waals surface area (Å²) in [6.45, 7) is 11.1. The highest BCUT2D eigenvalue weighted by atomic mass is 14.7. The fourth-order valence-electron chi connectivity index (χ4n) is 1.90. The molecule has 1 nitrogen and oxygen atoms in total. The molecular formula is C13H21N. The lowest BCUT2D eigenvalue weighted by Crippen LogP contribution is -2.05. The molecule has 1 aromatic rings. The molecule has 0 aliphatic heterocycles. The Morgan fingerprint density at radius 2 is 1.93 bits per heavy atom. The molecule has 0 spiro atoms. The summed E-state index contributed by atoms with van der Waals surface area (Å²) in [5, 5.41) is 0. The minimum Gasteiger partial charge on any atom is -0.261 e. The van der Waals surface area contributed by atoms with Crippen LogP contribution >= 0.6 is 0 Å². The van der Waals surface area contributed by atoms with E-state index in [1.54, 1.807) is 0 Å². The second-order valence-electron chi connectivity index (χ2n) is 4.39. The molecule has 1 heteroatoms. The van der Waals surface area contributed by atoms with Gasteiger partial charge in [0.25, 0.3) is 0 Å². The SMILES string of the molecule is CCC(C)c1c(C)ccnc1C(C)C. The van der Waals surface area contributed by atoms with E-state index in [0.29, 0.717) is 11.8 Å². The standard InChI is InChI=1S/C13H21N/c1-6-10(4)12-11(5)7-8-14-13(12)9(2)3/h7-10H,6H2,1-5H3. The maximum absolute atomic E-state index is 4.51. The summed E-state index contributed by atoms with van der Waals surface area (Å²) < 4.78 is 0. The average Bonchev–Trinajstić information content (AvgIpc) is 2.16. The van der Waals surface area contributed by atoms with Gasteiger partial charge >= 0.3 is 0 Å². The predicted molar refractivity (Wildman–Crippen MR) is 61.8 cm³/mol. The van der Waals surface area contributed by atoms with E-state index in [0.717, 1.165) is 0 Å². The number of pyridine rings is 1. The highest BCUT2D eigenvalue weighted by Crippen LogP contribution is 2.28. The van der Waals surface area contributed by atoms with E-state index in [4.69, 9.17) is 0 Å². The molecule has 0 aromatic carbocycles. The van der Waals surface area contributed by atoms with Crippen molar-refractivity contribution in [1.29, 1.82) is 0 Å². The first-order valence-electron chi connectivity index (χ1n) is 5.53. The maximum atomic E-state index is 4.51. The van der Waals surface area contributed by atoms with Crippen molar-refractivity contribution in [1.82, 2.24) is 4.98 Å². The maximum Gasteiger partial charge on any atom is 0.0466 e. The van der Waals surface area contributed by atoms with E-state index in [-0.39, 0.29) is 0 Å². The average molecular weight is 191 g/mol. The third-order valence-electron chi connectivity index (χ3n) is 2.89. The van der Waals surface area contributed by atoms with Gasteiger partial charge < -0.3 is 0 Å². The van der Waals surface area contributed by atoms with Gasteiger partial charge in [0.1, 0.15) is 0 Å². The third kappa shape index (κ3) is 2.14. The number of rotatable bonds is 3. The van der Waals surface area contributed by atoms with Crippen LogP contribution in [0.25, 0.3) is 0 Å².